The van der Waals surface area contributed by atoms with Crippen LogP contribution in [0.2, 0.25) is 0 Å². The van der Waals surface area contributed by atoms with Gasteiger partial charge in [0.25, 0.3) is 0 Å². The van der Waals surface area contributed by atoms with Crippen molar-refractivity contribution in [2.75, 3.05) is 0 Å². The van der Waals surface area contributed by atoms with Crippen molar-refractivity contribution < 1.29 is 0 Å². The molecule has 0 aromatic carbocycles. The minimum Gasteiger partial charge on any atom is -0.310 e. The van der Waals surface area contributed by atoms with Crippen LogP contribution in [-0.4, -0.2) is 15.8 Å². The Morgan fingerprint density at radius 2 is 2.07 bits per heavy atom. The molecule has 1 unspecified atom stereocenters. The van der Waals surface area contributed by atoms with Crippen LogP contribution in [0.5, 0.6) is 0 Å². The molecular weight excluding hydrogens is 186 g/mol. The van der Waals surface area contributed by atoms with Gasteiger partial charge in [0.1, 0.15) is 0 Å². The predicted octanol–water partition coefficient (Wildman–Crippen LogP) is 2.25. The summed E-state index contributed by atoms with van der Waals surface area (Å²) < 4.78 is 1.87. The average molecular weight is 209 g/mol. The van der Waals surface area contributed by atoms with Crippen molar-refractivity contribution in [3.63, 3.8) is 0 Å². The van der Waals surface area contributed by atoms with Gasteiger partial charge in [-0.15, -0.1) is 0 Å². The first-order valence-electron chi connectivity index (χ1n) is 5.53. The van der Waals surface area contributed by atoms with E-state index in [1.54, 1.807) is 0 Å². The molecule has 3 nitrogen and oxygen atoms in total. The molecular formula is C12H23N3. The Bertz CT molecular complexity index is 320. The van der Waals surface area contributed by atoms with E-state index in [4.69, 9.17) is 0 Å². The first kappa shape index (κ1) is 12.2. The highest BCUT2D eigenvalue weighted by Crippen LogP contribution is 2.19. The lowest BCUT2D eigenvalue weighted by atomic mass is 9.88. The van der Waals surface area contributed by atoms with Crippen molar-refractivity contribution >= 4 is 0 Å². The highest BCUT2D eigenvalue weighted by Gasteiger charge is 2.19. The fourth-order valence-corrected chi connectivity index (χ4v) is 1.39. The van der Waals surface area contributed by atoms with Gasteiger partial charge in [0.2, 0.25) is 0 Å². The van der Waals surface area contributed by atoms with Crippen LogP contribution in [0.1, 0.15) is 39.0 Å². The lowest BCUT2D eigenvalue weighted by Gasteiger charge is -2.28. The molecule has 0 spiro atoms. The van der Waals surface area contributed by atoms with E-state index in [0.717, 1.165) is 12.2 Å². The summed E-state index contributed by atoms with van der Waals surface area (Å²) in [6, 6.07) is 0.497. The Hall–Kier alpha value is -0.830. The molecule has 0 aliphatic heterocycles. The fraction of sp³-hybridized carbons (Fsp3) is 0.750. The quantitative estimate of drug-likeness (QED) is 0.827. The Morgan fingerprint density at radius 1 is 1.47 bits per heavy atom. The van der Waals surface area contributed by atoms with Crippen molar-refractivity contribution in [2.24, 2.45) is 12.5 Å². The van der Waals surface area contributed by atoms with E-state index in [9.17, 15) is 0 Å². The first-order valence-corrected chi connectivity index (χ1v) is 5.53. The molecule has 0 radical (unpaired) electrons. The Morgan fingerprint density at radius 3 is 2.47 bits per heavy atom. The normalized spacial score (nSPS) is 14.3. The van der Waals surface area contributed by atoms with Crippen LogP contribution in [0, 0.1) is 12.3 Å². The number of rotatable bonds is 3. The van der Waals surface area contributed by atoms with Gasteiger partial charge in [0, 0.05) is 31.4 Å². The smallest absolute Gasteiger partial charge is 0.0638 e. The van der Waals surface area contributed by atoms with Crippen molar-refractivity contribution in [3.8, 4) is 0 Å². The third-order valence-corrected chi connectivity index (χ3v) is 3.01. The van der Waals surface area contributed by atoms with Crippen LogP contribution < -0.4 is 5.32 Å². The summed E-state index contributed by atoms with van der Waals surface area (Å²) >= 11 is 0. The molecule has 1 rings (SSSR count). The van der Waals surface area contributed by atoms with Gasteiger partial charge in [0.05, 0.1) is 5.69 Å². The summed E-state index contributed by atoms with van der Waals surface area (Å²) in [4.78, 5) is 0. The zero-order chi connectivity index (χ0) is 11.6. The minimum absolute atomic E-state index is 0.302. The first-order chi connectivity index (χ1) is 6.80. The molecule has 0 saturated carbocycles. The van der Waals surface area contributed by atoms with E-state index in [-0.39, 0.29) is 0 Å². The van der Waals surface area contributed by atoms with Gasteiger partial charge in [-0.3, -0.25) is 4.68 Å². The summed E-state index contributed by atoms with van der Waals surface area (Å²) in [5.74, 6) is 0. The van der Waals surface area contributed by atoms with Gasteiger partial charge >= 0.3 is 0 Å². The van der Waals surface area contributed by atoms with E-state index in [2.05, 4.69) is 51.2 Å². The van der Waals surface area contributed by atoms with Crippen LogP contribution in [0.15, 0.2) is 6.20 Å². The maximum Gasteiger partial charge on any atom is 0.0638 e. The number of nitrogens with zero attached hydrogens (tertiary/aromatic N) is 2. The molecule has 0 bridgehead atoms. The Balaban J connectivity index is 2.54. The lowest BCUT2D eigenvalue weighted by Crippen LogP contribution is -2.37. The van der Waals surface area contributed by atoms with Crippen LogP contribution in [0.4, 0.5) is 0 Å². The second-order valence-electron chi connectivity index (χ2n) is 5.38. The van der Waals surface area contributed by atoms with Crippen molar-refractivity contribution in [1.29, 1.82) is 0 Å². The van der Waals surface area contributed by atoms with Gasteiger partial charge in [-0.2, -0.15) is 5.10 Å². The molecule has 0 aliphatic carbocycles. The number of aryl methyl sites for hydroxylation is 2. The second kappa shape index (κ2) is 4.35. The molecule has 1 aromatic heterocycles. The fourth-order valence-electron chi connectivity index (χ4n) is 1.39. The number of aromatic nitrogens is 2. The highest BCUT2D eigenvalue weighted by atomic mass is 15.2. The molecule has 3 heteroatoms. The Labute approximate surface area is 92.9 Å². The van der Waals surface area contributed by atoms with Gasteiger partial charge in [-0.05, 0) is 19.3 Å². The Kier molecular flexibility index (Phi) is 3.55. The summed E-state index contributed by atoms with van der Waals surface area (Å²) in [6.07, 6.45) is 2.08. The van der Waals surface area contributed by atoms with E-state index in [0.29, 0.717) is 11.5 Å². The average Bonchev–Trinajstić information content (AvgIpc) is 2.39. The minimum atomic E-state index is 0.302. The molecule has 1 N–H and O–H groups in total. The van der Waals surface area contributed by atoms with E-state index in [1.807, 2.05) is 11.7 Å². The topological polar surface area (TPSA) is 29.9 Å². The third-order valence-electron chi connectivity index (χ3n) is 3.01. The van der Waals surface area contributed by atoms with Crippen LogP contribution >= 0.6 is 0 Å². The van der Waals surface area contributed by atoms with Crippen molar-refractivity contribution in [3.05, 3.63) is 17.5 Å². The number of hydrogen-bond acceptors (Lipinski definition) is 2. The highest BCUT2D eigenvalue weighted by molar-refractivity contribution is 5.14. The SMILES string of the molecule is Cc1nn(C)cc1CNC(C)C(C)(C)C. The van der Waals surface area contributed by atoms with Crippen LogP contribution in [0.25, 0.3) is 0 Å². The van der Waals surface area contributed by atoms with Gasteiger partial charge in [-0.25, -0.2) is 0 Å². The summed E-state index contributed by atoms with van der Waals surface area (Å²) in [5, 5.41) is 7.87. The summed E-state index contributed by atoms with van der Waals surface area (Å²) in [6.45, 7) is 11.9. The number of hydrogen-bond donors (Lipinski definition) is 1. The van der Waals surface area contributed by atoms with Crippen molar-refractivity contribution in [1.82, 2.24) is 15.1 Å². The largest absolute Gasteiger partial charge is 0.310 e. The molecule has 15 heavy (non-hydrogen) atoms. The maximum atomic E-state index is 4.33. The third kappa shape index (κ3) is 3.34. The van der Waals surface area contributed by atoms with E-state index in [1.165, 1.54) is 5.56 Å². The maximum absolute atomic E-state index is 4.33. The van der Waals surface area contributed by atoms with Crippen LogP contribution in [-0.2, 0) is 13.6 Å². The molecule has 0 fully saturated rings. The molecule has 0 amide bonds. The molecule has 0 saturated heterocycles. The molecule has 1 heterocycles. The molecule has 1 atom stereocenters. The zero-order valence-corrected chi connectivity index (χ0v) is 10.8. The second-order valence-corrected chi connectivity index (χ2v) is 5.38. The van der Waals surface area contributed by atoms with Crippen LogP contribution in [0.3, 0.4) is 0 Å². The zero-order valence-electron chi connectivity index (χ0n) is 10.8. The molecule has 86 valence electrons. The van der Waals surface area contributed by atoms with Gasteiger partial charge < -0.3 is 5.32 Å². The van der Waals surface area contributed by atoms with Gasteiger partial charge in [0.15, 0.2) is 0 Å². The van der Waals surface area contributed by atoms with E-state index < -0.39 is 0 Å². The molecule has 1 aromatic rings. The molecule has 0 aliphatic rings. The van der Waals surface area contributed by atoms with Gasteiger partial charge in [-0.1, -0.05) is 20.8 Å². The van der Waals surface area contributed by atoms with E-state index >= 15 is 0 Å². The van der Waals surface area contributed by atoms with Crippen molar-refractivity contribution in [2.45, 2.75) is 47.2 Å². The standard InChI is InChI=1S/C12H23N3/c1-9-11(8-15(6)14-9)7-13-10(2)12(3,4)5/h8,10,13H,7H2,1-6H3. The monoisotopic (exact) mass is 209 g/mol. The predicted molar refractivity (Wildman–Crippen MR) is 63.7 cm³/mol. The summed E-state index contributed by atoms with van der Waals surface area (Å²) in [5.41, 5.74) is 2.70. The lowest BCUT2D eigenvalue weighted by molar-refractivity contribution is 0.285. The number of nitrogens with one attached hydrogen (secondary N) is 1. The summed E-state index contributed by atoms with van der Waals surface area (Å²) in [7, 11) is 1.96.